The van der Waals surface area contributed by atoms with Crippen molar-refractivity contribution in [2.24, 2.45) is 0 Å². The van der Waals surface area contributed by atoms with Crippen molar-refractivity contribution in [1.29, 1.82) is 0 Å². The monoisotopic (exact) mass is 360 g/mol. The summed E-state index contributed by atoms with van der Waals surface area (Å²) >= 11 is 0. The van der Waals surface area contributed by atoms with E-state index in [4.69, 9.17) is 10.6 Å². The van der Waals surface area contributed by atoms with E-state index >= 15 is 0 Å². The Bertz CT molecular complexity index is 866. The van der Waals surface area contributed by atoms with E-state index < -0.39 is 6.36 Å². The zero-order valence-corrected chi connectivity index (χ0v) is 13.5. The highest BCUT2D eigenvalue weighted by Gasteiger charge is 2.30. The van der Waals surface area contributed by atoms with Crippen LogP contribution in [0.1, 0.15) is 0 Å². The molecule has 0 bridgehead atoms. The van der Waals surface area contributed by atoms with Crippen molar-refractivity contribution in [2.45, 2.75) is 6.36 Å². The zero-order valence-electron chi connectivity index (χ0n) is 13.5. The Morgan fingerprint density at radius 1 is 0.808 bits per heavy atom. The van der Waals surface area contributed by atoms with Crippen LogP contribution in [-0.2, 0) is 0 Å². The van der Waals surface area contributed by atoms with E-state index in [9.17, 15) is 13.2 Å². The first-order valence-electron chi connectivity index (χ1n) is 7.64. The van der Waals surface area contributed by atoms with Crippen LogP contribution in [0.2, 0.25) is 0 Å². The molecule has 134 valence electrons. The standard InChI is InChI=1S/C19H15F3N2O2/c20-19(21,22)25-16-9-6-13(7-10-16)14-8-11-18(17(23)12-14)26-24-15-4-2-1-3-5-15/h1-12,24H,23H2. The first kappa shape index (κ1) is 17.5. The normalized spacial score (nSPS) is 11.0. The van der Waals surface area contributed by atoms with Crippen LogP contribution in [0.15, 0.2) is 72.8 Å². The second-order valence-electron chi connectivity index (χ2n) is 5.39. The van der Waals surface area contributed by atoms with Crippen molar-refractivity contribution in [1.82, 2.24) is 0 Å². The molecule has 0 spiro atoms. The van der Waals surface area contributed by atoms with Crippen LogP contribution in [0.3, 0.4) is 0 Å². The molecule has 0 amide bonds. The lowest BCUT2D eigenvalue weighted by molar-refractivity contribution is -0.274. The average Bonchev–Trinajstić information content (AvgIpc) is 2.61. The number of nitrogens with two attached hydrogens (primary N) is 1. The third kappa shape index (κ3) is 4.60. The van der Waals surface area contributed by atoms with Gasteiger partial charge in [0, 0.05) is 0 Å². The highest BCUT2D eigenvalue weighted by molar-refractivity contribution is 5.71. The molecule has 0 unspecified atom stereocenters. The molecule has 0 aromatic heterocycles. The first-order chi connectivity index (χ1) is 12.4. The summed E-state index contributed by atoms with van der Waals surface area (Å²) in [6.07, 6.45) is -4.71. The van der Waals surface area contributed by atoms with Gasteiger partial charge in [0.05, 0.1) is 11.4 Å². The van der Waals surface area contributed by atoms with Crippen molar-refractivity contribution < 1.29 is 22.7 Å². The number of halogens is 3. The summed E-state index contributed by atoms with van der Waals surface area (Å²) in [6, 6.07) is 20.0. The van der Waals surface area contributed by atoms with Crippen molar-refractivity contribution in [3.63, 3.8) is 0 Å². The Hall–Kier alpha value is -3.35. The van der Waals surface area contributed by atoms with E-state index in [0.717, 1.165) is 11.3 Å². The van der Waals surface area contributed by atoms with Crippen molar-refractivity contribution in [3.05, 3.63) is 72.8 Å². The van der Waals surface area contributed by atoms with E-state index in [2.05, 4.69) is 10.2 Å². The number of hydrogen-bond donors (Lipinski definition) is 2. The second kappa shape index (κ2) is 7.26. The Kier molecular flexibility index (Phi) is 4.88. The first-order valence-corrected chi connectivity index (χ1v) is 7.64. The molecule has 0 aliphatic heterocycles. The van der Waals surface area contributed by atoms with Gasteiger partial charge in [0.2, 0.25) is 0 Å². The van der Waals surface area contributed by atoms with Crippen LogP contribution in [0, 0.1) is 0 Å². The number of benzene rings is 3. The van der Waals surface area contributed by atoms with Gasteiger partial charge >= 0.3 is 6.36 Å². The lowest BCUT2D eigenvalue weighted by Crippen LogP contribution is -2.16. The molecule has 3 aromatic carbocycles. The maximum Gasteiger partial charge on any atom is 0.573 e. The number of ether oxygens (including phenoxy) is 1. The van der Waals surface area contributed by atoms with E-state index in [0.29, 0.717) is 17.0 Å². The third-order valence-electron chi connectivity index (χ3n) is 3.48. The van der Waals surface area contributed by atoms with Gasteiger partial charge in [-0.25, -0.2) is 5.48 Å². The maximum atomic E-state index is 12.2. The highest BCUT2D eigenvalue weighted by atomic mass is 19.4. The number of para-hydroxylation sites is 1. The average molecular weight is 360 g/mol. The number of hydrogen-bond acceptors (Lipinski definition) is 4. The van der Waals surface area contributed by atoms with Gasteiger partial charge in [-0.1, -0.05) is 36.4 Å². The molecule has 7 heteroatoms. The Labute approximate surface area is 147 Å². The molecule has 0 heterocycles. The van der Waals surface area contributed by atoms with Crippen LogP contribution in [0.4, 0.5) is 24.5 Å². The lowest BCUT2D eigenvalue weighted by Gasteiger charge is -2.12. The molecular formula is C19H15F3N2O2. The molecule has 3 N–H and O–H groups in total. The minimum absolute atomic E-state index is 0.277. The van der Waals surface area contributed by atoms with Crippen molar-refractivity contribution in [3.8, 4) is 22.6 Å². The lowest BCUT2D eigenvalue weighted by atomic mass is 10.0. The summed E-state index contributed by atoms with van der Waals surface area (Å²) in [7, 11) is 0. The van der Waals surface area contributed by atoms with Gasteiger partial charge in [-0.05, 0) is 47.5 Å². The van der Waals surface area contributed by atoms with Crippen LogP contribution in [0.25, 0.3) is 11.1 Å². The zero-order chi connectivity index (χ0) is 18.6. The van der Waals surface area contributed by atoms with Gasteiger partial charge in [-0.2, -0.15) is 0 Å². The third-order valence-corrected chi connectivity index (χ3v) is 3.48. The van der Waals surface area contributed by atoms with Gasteiger partial charge in [0.1, 0.15) is 5.75 Å². The summed E-state index contributed by atoms with van der Waals surface area (Å²) in [6.45, 7) is 0. The van der Waals surface area contributed by atoms with E-state index in [1.165, 1.54) is 24.3 Å². The van der Waals surface area contributed by atoms with Crippen LogP contribution in [0.5, 0.6) is 11.5 Å². The minimum Gasteiger partial charge on any atom is -0.406 e. The smallest absolute Gasteiger partial charge is 0.406 e. The maximum absolute atomic E-state index is 12.2. The predicted molar refractivity (Wildman–Crippen MR) is 93.7 cm³/mol. The van der Waals surface area contributed by atoms with Gasteiger partial charge in [-0.3, -0.25) is 0 Å². The van der Waals surface area contributed by atoms with Gasteiger partial charge < -0.3 is 15.3 Å². The predicted octanol–water partition coefficient (Wildman–Crippen LogP) is 5.24. The quantitative estimate of drug-likeness (QED) is 0.483. The molecule has 0 aliphatic carbocycles. The summed E-state index contributed by atoms with van der Waals surface area (Å²) in [5, 5.41) is 0. The van der Waals surface area contributed by atoms with Crippen LogP contribution in [-0.4, -0.2) is 6.36 Å². The topological polar surface area (TPSA) is 56.5 Å². The number of nitrogen functional groups attached to an aromatic ring is 1. The fraction of sp³-hybridized carbons (Fsp3) is 0.0526. The fourth-order valence-corrected chi connectivity index (χ4v) is 2.29. The summed E-state index contributed by atoms with van der Waals surface area (Å²) in [5.74, 6) is 0.163. The summed E-state index contributed by atoms with van der Waals surface area (Å²) in [4.78, 5) is 5.47. The minimum atomic E-state index is -4.71. The highest BCUT2D eigenvalue weighted by Crippen LogP contribution is 2.31. The number of alkyl halides is 3. The van der Waals surface area contributed by atoms with Crippen molar-refractivity contribution in [2.75, 3.05) is 11.2 Å². The molecule has 3 rings (SSSR count). The Morgan fingerprint density at radius 3 is 2.08 bits per heavy atom. The molecular weight excluding hydrogens is 345 g/mol. The second-order valence-corrected chi connectivity index (χ2v) is 5.39. The van der Waals surface area contributed by atoms with E-state index in [-0.39, 0.29) is 5.75 Å². The number of anilines is 2. The van der Waals surface area contributed by atoms with Crippen molar-refractivity contribution >= 4 is 11.4 Å². The molecule has 26 heavy (non-hydrogen) atoms. The number of nitrogens with one attached hydrogen (secondary N) is 1. The van der Waals surface area contributed by atoms with Crippen LogP contribution >= 0.6 is 0 Å². The van der Waals surface area contributed by atoms with E-state index in [1.54, 1.807) is 18.2 Å². The molecule has 0 saturated carbocycles. The van der Waals surface area contributed by atoms with Gasteiger partial charge in [-0.15, -0.1) is 13.2 Å². The Balaban J connectivity index is 1.70. The largest absolute Gasteiger partial charge is 0.573 e. The molecule has 0 aliphatic rings. The fourth-order valence-electron chi connectivity index (χ4n) is 2.29. The summed E-state index contributed by atoms with van der Waals surface area (Å²) < 4.78 is 40.5. The van der Waals surface area contributed by atoms with E-state index in [1.807, 2.05) is 30.3 Å². The molecule has 3 aromatic rings. The Morgan fingerprint density at radius 2 is 1.46 bits per heavy atom. The van der Waals surface area contributed by atoms with Gasteiger partial charge in [0.15, 0.2) is 5.75 Å². The molecule has 0 atom stereocenters. The summed E-state index contributed by atoms with van der Waals surface area (Å²) in [5.41, 5.74) is 11.4. The van der Waals surface area contributed by atoms with Crippen LogP contribution < -0.4 is 20.8 Å². The molecule has 0 fully saturated rings. The SMILES string of the molecule is Nc1cc(-c2ccc(OC(F)(F)F)cc2)ccc1ONc1ccccc1. The van der Waals surface area contributed by atoms with Gasteiger partial charge in [0.25, 0.3) is 0 Å². The molecule has 0 saturated heterocycles. The molecule has 4 nitrogen and oxygen atoms in total. The molecule has 0 radical (unpaired) electrons. The number of rotatable bonds is 5.